The molecule has 22 heavy (non-hydrogen) atoms. The number of amides is 1. The molecule has 2 aromatic rings. The summed E-state index contributed by atoms with van der Waals surface area (Å²) in [6, 6.07) is 16.5. The smallest absolute Gasteiger partial charge is 0.323 e. The van der Waals surface area contributed by atoms with Crippen LogP contribution < -0.4 is 4.90 Å². The summed E-state index contributed by atoms with van der Waals surface area (Å²) in [6.07, 6.45) is 0.0754. The summed E-state index contributed by atoms with van der Waals surface area (Å²) in [7, 11) is 0. The highest BCUT2D eigenvalue weighted by Crippen LogP contribution is 2.32. The monoisotopic (exact) mass is 294 g/mol. The highest BCUT2D eigenvalue weighted by atomic mass is 16.4. The molecule has 3 rings (SSSR count). The van der Waals surface area contributed by atoms with E-state index in [2.05, 4.69) is 4.99 Å². The molecule has 1 N–H and O–H groups in total. The zero-order valence-corrected chi connectivity index (χ0v) is 11.8. The molecule has 0 unspecified atom stereocenters. The van der Waals surface area contributed by atoms with Crippen LogP contribution in [-0.2, 0) is 9.59 Å². The van der Waals surface area contributed by atoms with Crippen LogP contribution in [0.2, 0.25) is 0 Å². The van der Waals surface area contributed by atoms with E-state index in [9.17, 15) is 9.59 Å². The van der Waals surface area contributed by atoms with E-state index in [-0.39, 0.29) is 18.9 Å². The number of anilines is 1. The number of benzene rings is 2. The van der Waals surface area contributed by atoms with Crippen molar-refractivity contribution in [3.63, 3.8) is 0 Å². The summed E-state index contributed by atoms with van der Waals surface area (Å²) in [5.74, 6) is -1.32. The highest BCUT2D eigenvalue weighted by molar-refractivity contribution is 6.18. The Balaban J connectivity index is 2.08. The first kappa shape index (κ1) is 14.0. The van der Waals surface area contributed by atoms with Crippen molar-refractivity contribution in [2.24, 2.45) is 4.99 Å². The van der Waals surface area contributed by atoms with Gasteiger partial charge in [0.05, 0.1) is 23.5 Å². The Morgan fingerprint density at radius 2 is 1.77 bits per heavy atom. The summed E-state index contributed by atoms with van der Waals surface area (Å²) in [6.45, 7) is -0.368. The van der Waals surface area contributed by atoms with E-state index in [1.165, 1.54) is 4.90 Å². The average Bonchev–Trinajstić information content (AvgIpc) is 2.66. The molecule has 0 spiro atoms. The number of carboxylic acids is 1. The number of aliphatic imine (C=N–C) groups is 1. The van der Waals surface area contributed by atoms with Gasteiger partial charge in [-0.05, 0) is 17.7 Å². The largest absolute Gasteiger partial charge is 0.480 e. The maximum Gasteiger partial charge on any atom is 0.323 e. The lowest BCUT2D eigenvalue weighted by molar-refractivity contribution is -0.136. The molecule has 0 aliphatic carbocycles. The van der Waals surface area contributed by atoms with Crippen molar-refractivity contribution >= 4 is 29.0 Å². The predicted molar refractivity (Wildman–Crippen MR) is 83.7 cm³/mol. The van der Waals surface area contributed by atoms with E-state index in [0.717, 1.165) is 5.56 Å². The molecular formula is C17H14N2O3. The summed E-state index contributed by atoms with van der Waals surface area (Å²) >= 11 is 0. The van der Waals surface area contributed by atoms with Gasteiger partial charge in [-0.15, -0.1) is 0 Å². The number of carbonyl (C=O) groups is 2. The van der Waals surface area contributed by atoms with E-state index in [1.54, 1.807) is 18.2 Å². The van der Waals surface area contributed by atoms with Gasteiger partial charge < -0.3 is 5.11 Å². The second-order valence-electron chi connectivity index (χ2n) is 4.96. The number of fused-ring (bicyclic) bond motifs is 1. The number of hydrogen-bond acceptors (Lipinski definition) is 3. The topological polar surface area (TPSA) is 70.0 Å². The number of carbonyl (C=O) groups excluding carboxylic acids is 1. The SMILES string of the molecule is O=C(O)CN1C(=O)CC(c2ccccc2)=Nc2ccccc21. The Kier molecular flexibility index (Phi) is 3.70. The fourth-order valence-corrected chi connectivity index (χ4v) is 2.45. The van der Waals surface area contributed by atoms with E-state index in [4.69, 9.17) is 5.11 Å². The third-order valence-corrected chi connectivity index (χ3v) is 3.45. The minimum atomic E-state index is -1.05. The van der Waals surface area contributed by atoms with Crippen molar-refractivity contribution in [3.05, 3.63) is 60.2 Å². The lowest BCUT2D eigenvalue weighted by Gasteiger charge is -2.20. The van der Waals surface area contributed by atoms with Gasteiger partial charge in [0.15, 0.2) is 0 Å². The fraction of sp³-hybridized carbons (Fsp3) is 0.118. The summed E-state index contributed by atoms with van der Waals surface area (Å²) in [5, 5.41) is 9.05. The zero-order valence-electron chi connectivity index (χ0n) is 11.8. The highest BCUT2D eigenvalue weighted by Gasteiger charge is 2.26. The van der Waals surface area contributed by atoms with Crippen LogP contribution in [0.3, 0.4) is 0 Å². The minimum Gasteiger partial charge on any atom is -0.480 e. The fourth-order valence-electron chi connectivity index (χ4n) is 2.45. The van der Waals surface area contributed by atoms with Crippen molar-refractivity contribution < 1.29 is 14.7 Å². The molecule has 1 aliphatic heterocycles. The third-order valence-electron chi connectivity index (χ3n) is 3.45. The van der Waals surface area contributed by atoms with Gasteiger partial charge in [0.1, 0.15) is 6.54 Å². The van der Waals surface area contributed by atoms with Gasteiger partial charge in [-0.1, -0.05) is 42.5 Å². The van der Waals surface area contributed by atoms with E-state index >= 15 is 0 Å². The van der Waals surface area contributed by atoms with E-state index in [1.807, 2.05) is 36.4 Å². The number of rotatable bonds is 3. The Labute approximate surface area is 127 Å². The van der Waals surface area contributed by atoms with Crippen LogP contribution in [0.25, 0.3) is 0 Å². The first-order chi connectivity index (χ1) is 10.6. The van der Waals surface area contributed by atoms with Crippen molar-refractivity contribution in [2.75, 3.05) is 11.4 Å². The van der Waals surface area contributed by atoms with Gasteiger partial charge in [0.25, 0.3) is 0 Å². The van der Waals surface area contributed by atoms with Crippen LogP contribution >= 0.6 is 0 Å². The molecule has 1 heterocycles. The normalized spacial score (nSPS) is 14.1. The molecule has 0 radical (unpaired) electrons. The van der Waals surface area contributed by atoms with Crippen LogP contribution in [-0.4, -0.2) is 29.2 Å². The average molecular weight is 294 g/mol. The lowest BCUT2D eigenvalue weighted by atomic mass is 10.1. The Morgan fingerprint density at radius 1 is 1.09 bits per heavy atom. The summed E-state index contributed by atoms with van der Waals surface area (Å²) in [4.78, 5) is 29.4. The first-order valence-corrected chi connectivity index (χ1v) is 6.89. The Morgan fingerprint density at radius 3 is 2.50 bits per heavy atom. The number of nitrogens with zero attached hydrogens (tertiary/aromatic N) is 2. The molecule has 0 atom stereocenters. The molecule has 5 nitrogen and oxygen atoms in total. The maximum absolute atomic E-state index is 12.5. The van der Waals surface area contributed by atoms with Crippen molar-refractivity contribution in [1.29, 1.82) is 0 Å². The van der Waals surface area contributed by atoms with Gasteiger partial charge in [-0.2, -0.15) is 0 Å². The van der Waals surface area contributed by atoms with E-state index in [0.29, 0.717) is 17.1 Å². The Bertz CT molecular complexity index is 754. The zero-order chi connectivity index (χ0) is 15.5. The number of aliphatic carboxylic acids is 1. The van der Waals surface area contributed by atoms with Gasteiger partial charge >= 0.3 is 5.97 Å². The minimum absolute atomic E-state index is 0.0754. The molecule has 0 fully saturated rings. The molecule has 0 aromatic heterocycles. The van der Waals surface area contributed by atoms with Crippen LogP contribution in [0.15, 0.2) is 59.6 Å². The predicted octanol–water partition coefficient (Wildman–Crippen LogP) is 2.63. The molecule has 2 aromatic carbocycles. The van der Waals surface area contributed by atoms with Gasteiger partial charge in [-0.3, -0.25) is 19.5 Å². The number of hydrogen-bond donors (Lipinski definition) is 1. The first-order valence-electron chi connectivity index (χ1n) is 6.89. The molecule has 1 amide bonds. The number of carboxylic acid groups (broad SMARTS) is 1. The third kappa shape index (κ3) is 2.74. The second kappa shape index (κ2) is 5.81. The molecule has 0 saturated carbocycles. The summed E-state index contributed by atoms with van der Waals surface area (Å²) < 4.78 is 0. The van der Waals surface area contributed by atoms with Gasteiger partial charge in [0.2, 0.25) is 5.91 Å². The molecule has 1 aliphatic rings. The molecular weight excluding hydrogens is 280 g/mol. The molecule has 0 saturated heterocycles. The van der Waals surface area contributed by atoms with Crippen LogP contribution in [0.1, 0.15) is 12.0 Å². The van der Waals surface area contributed by atoms with Gasteiger partial charge in [0, 0.05) is 0 Å². The van der Waals surface area contributed by atoms with Gasteiger partial charge in [-0.25, -0.2) is 0 Å². The summed E-state index contributed by atoms with van der Waals surface area (Å²) in [5.41, 5.74) is 2.64. The lowest BCUT2D eigenvalue weighted by Crippen LogP contribution is -2.36. The second-order valence-corrected chi connectivity index (χ2v) is 4.96. The van der Waals surface area contributed by atoms with Crippen LogP contribution in [0, 0.1) is 0 Å². The molecule has 110 valence electrons. The standard InChI is InChI=1S/C17H14N2O3/c20-16-10-14(12-6-2-1-3-7-12)18-13-8-4-5-9-15(13)19(16)11-17(21)22/h1-9H,10-11H2,(H,21,22). The molecule has 5 heteroatoms. The number of para-hydroxylation sites is 2. The maximum atomic E-state index is 12.5. The molecule has 0 bridgehead atoms. The van der Waals surface area contributed by atoms with Crippen LogP contribution in [0.4, 0.5) is 11.4 Å². The van der Waals surface area contributed by atoms with E-state index < -0.39 is 5.97 Å². The van der Waals surface area contributed by atoms with Crippen molar-refractivity contribution in [3.8, 4) is 0 Å². The van der Waals surface area contributed by atoms with Crippen molar-refractivity contribution in [1.82, 2.24) is 0 Å². The quantitative estimate of drug-likeness (QED) is 0.946. The van der Waals surface area contributed by atoms with Crippen LogP contribution in [0.5, 0.6) is 0 Å². The Hall–Kier alpha value is -2.95. The van der Waals surface area contributed by atoms with Crippen molar-refractivity contribution in [2.45, 2.75) is 6.42 Å².